The summed E-state index contributed by atoms with van der Waals surface area (Å²) in [4.78, 5) is 10.8. The van der Waals surface area contributed by atoms with Crippen molar-refractivity contribution in [2.75, 3.05) is 6.54 Å². The summed E-state index contributed by atoms with van der Waals surface area (Å²) in [5.74, 6) is -0.734. The summed E-state index contributed by atoms with van der Waals surface area (Å²) < 4.78 is 26.9. The monoisotopic (exact) mass is 333 g/mol. The summed E-state index contributed by atoms with van der Waals surface area (Å²) in [6.45, 7) is 0.409. The molecule has 1 aliphatic rings. The van der Waals surface area contributed by atoms with E-state index in [1.807, 2.05) is 0 Å². The Bertz CT molecular complexity index is 581. The van der Waals surface area contributed by atoms with Crippen LogP contribution in [0.2, 0.25) is 0 Å². The van der Waals surface area contributed by atoms with Crippen LogP contribution in [-0.2, 0) is 10.0 Å². The van der Waals surface area contributed by atoms with Crippen molar-refractivity contribution >= 4 is 31.9 Å². The molecule has 1 aromatic carbocycles. The van der Waals surface area contributed by atoms with Crippen molar-refractivity contribution < 1.29 is 18.3 Å². The first-order valence-corrected chi connectivity index (χ1v) is 7.70. The number of benzene rings is 1. The molecule has 98 valence electrons. The van der Waals surface area contributed by atoms with Crippen molar-refractivity contribution in [1.29, 1.82) is 0 Å². The minimum atomic E-state index is -3.66. The molecule has 0 atom stereocenters. The molecule has 0 bridgehead atoms. The van der Waals surface area contributed by atoms with Crippen LogP contribution in [-0.4, -0.2) is 26.0 Å². The van der Waals surface area contributed by atoms with Crippen LogP contribution in [0.1, 0.15) is 23.2 Å². The number of carboxylic acids is 1. The fraction of sp³-hybridized carbons (Fsp3) is 0.364. The number of hydrogen-bond donors (Lipinski definition) is 2. The molecule has 1 fully saturated rings. The molecule has 0 amide bonds. The van der Waals surface area contributed by atoms with Gasteiger partial charge in [0.1, 0.15) is 0 Å². The molecular formula is C11H12BrNO4S. The second-order valence-corrected chi connectivity index (χ2v) is 6.84. The van der Waals surface area contributed by atoms with E-state index in [4.69, 9.17) is 5.11 Å². The first-order chi connectivity index (χ1) is 8.40. The summed E-state index contributed by atoms with van der Waals surface area (Å²) in [5, 5.41) is 8.86. The Morgan fingerprint density at radius 3 is 2.67 bits per heavy atom. The SMILES string of the molecule is O=C(O)c1ccc(Br)c(S(=O)(=O)NCC2CC2)c1. The maximum Gasteiger partial charge on any atom is 0.335 e. The lowest BCUT2D eigenvalue weighted by atomic mass is 10.2. The smallest absolute Gasteiger partial charge is 0.335 e. The lowest BCUT2D eigenvalue weighted by molar-refractivity contribution is 0.0696. The number of carboxylic acid groups (broad SMARTS) is 1. The van der Waals surface area contributed by atoms with Crippen LogP contribution in [0.15, 0.2) is 27.6 Å². The third-order valence-electron chi connectivity index (χ3n) is 2.73. The van der Waals surface area contributed by atoms with Crippen LogP contribution >= 0.6 is 15.9 Å². The standard InChI is InChI=1S/C11H12BrNO4S/c12-9-4-3-8(11(14)15)5-10(9)18(16,17)13-6-7-1-2-7/h3-5,7,13H,1-2,6H2,(H,14,15). The Morgan fingerprint density at radius 1 is 1.44 bits per heavy atom. The van der Waals surface area contributed by atoms with Crippen LogP contribution in [0.25, 0.3) is 0 Å². The van der Waals surface area contributed by atoms with Gasteiger partial charge in [-0.2, -0.15) is 0 Å². The number of carbonyl (C=O) groups is 1. The average molecular weight is 334 g/mol. The van der Waals surface area contributed by atoms with Crippen LogP contribution in [0.4, 0.5) is 0 Å². The Labute approximate surface area is 113 Å². The molecule has 7 heteroatoms. The van der Waals surface area contributed by atoms with Crippen molar-refractivity contribution in [3.05, 3.63) is 28.2 Å². The van der Waals surface area contributed by atoms with E-state index >= 15 is 0 Å². The first-order valence-electron chi connectivity index (χ1n) is 5.42. The fourth-order valence-electron chi connectivity index (χ4n) is 1.47. The van der Waals surface area contributed by atoms with Gasteiger partial charge in [-0.05, 0) is 52.9 Å². The quantitative estimate of drug-likeness (QED) is 0.861. The molecule has 2 rings (SSSR count). The maximum atomic E-state index is 12.0. The zero-order chi connectivity index (χ0) is 13.3. The van der Waals surface area contributed by atoms with Gasteiger partial charge in [0.15, 0.2) is 0 Å². The van der Waals surface area contributed by atoms with Gasteiger partial charge in [-0.15, -0.1) is 0 Å². The van der Waals surface area contributed by atoms with Gasteiger partial charge in [0, 0.05) is 11.0 Å². The first kappa shape index (κ1) is 13.5. The molecule has 0 spiro atoms. The van der Waals surface area contributed by atoms with E-state index in [0.717, 1.165) is 18.9 Å². The normalized spacial score (nSPS) is 15.6. The highest BCUT2D eigenvalue weighted by Crippen LogP contribution is 2.29. The summed E-state index contributed by atoms with van der Waals surface area (Å²) >= 11 is 3.13. The number of rotatable bonds is 5. The number of nitrogens with one attached hydrogen (secondary N) is 1. The van der Waals surface area contributed by atoms with Gasteiger partial charge in [0.05, 0.1) is 10.5 Å². The molecule has 1 aliphatic carbocycles. The number of hydrogen-bond acceptors (Lipinski definition) is 3. The van der Waals surface area contributed by atoms with Crippen molar-refractivity contribution in [3.63, 3.8) is 0 Å². The molecule has 1 aromatic rings. The Morgan fingerprint density at radius 2 is 2.11 bits per heavy atom. The Balaban J connectivity index is 2.29. The van der Waals surface area contributed by atoms with Gasteiger partial charge in [-0.1, -0.05) is 0 Å². The van der Waals surface area contributed by atoms with E-state index in [1.54, 1.807) is 0 Å². The van der Waals surface area contributed by atoms with Gasteiger partial charge in [-0.25, -0.2) is 17.9 Å². The number of aromatic carboxylic acids is 1. The van der Waals surface area contributed by atoms with E-state index in [-0.39, 0.29) is 10.5 Å². The molecule has 0 aliphatic heterocycles. The summed E-state index contributed by atoms with van der Waals surface area (Å²) in [5.41, 5.74) is -0.0509. The van der Waals surface area contributed by atoms with E-state index in [2.05, 4.69) is 20.7 Å². The van der Waals surface area contributed by atoms with Gasteiger partial charge in [0.2, 0.25) is 10.0 Å². The molecule has 0 heterocycles. The average Bonchev–Trinajstić information content (AvgIpc) is 3.10. The third kappa shape index (κ3) is 3.09. The van der Waals surface area contributed by atoms with Gasteiger partial charge >= 0.3 is 5.97 Å². The Kier molecular flexibility index (Phi) is 3.74. The lowest BCUT2D eigenvalue weighted by Crippen LogP contribution is -2.26. The van der Waals surface area contributed by atoms with E-state index in [0.29, 0.717) is 16.9 Å². The second-order valence-electron chi connectivity index (χ2n) is 4.25. The molecule has 5 nitrogen and oxygen atoms in total. The van der Waals surface area contributed by atoms with Crippen molar-refractivity contribution in [3.8, 4) is 0 Å². The van der Waals surface area contributed by atoms with Gasteiger partial charge in [-0.3, -0.25) is 0 Å². The van der Waals surface area contributed by atoms with E-state index in [9.17, 15) is 13.2 Å². The topological polar surface area (TPSA) is 83.5 Å². The molecule has 18 heavy (non-hydrogen) atoms. The predicted molar refractivity (Wildman–Crippen MR) is 69.0 cm³/mol. The van der Waals surface area contributed by atoms with Crippen LogP contribution in [0.3, 0.4) is 0 Å². The molecule has 2 N–H and O–H groups in total. The summed E-state index contributed by atoms with van der Waals surface area (Å²) in [6.07, 6.45) is 2.08. The van der Waals surface area contributed by atoms with E-state index in [1.165, 1.54) is 12.1 Å². The zero-order valence-corrected chi connectivity index (χ0v) is 11.8. The van der Waals surface area contributed by atoms with Crippen molar-refractivity contribution in [1.82, 2.24) is 4.72 Å². The van der Waals surface area contributed by atoms with Crippen molar-refractivity contribution in [2.45, 2.75) is 17.7 Å². The maximum absolute atomic E-state index is 12.0. The van der Waals surface area contributed by atoms with Gasteiger partial charge in [0.25, 0.3) is 0 Å². The minimum absolute atomic E-state index is 0.0388. The summed E-state index contributed by atoms with van der Waals surface area (Å²) in [6, 6.07) is 3.93. The largest absolute Gasteiger partial charge is 0.478 e. The Hall–Kier alpha value is -0.920. The predicted octanol–water partition coefficient (Wildman–Crippen LogP) is 1.84. The molecule has 0 aromatic heterocycles. The molecule has 0 saturated heterocycles. The highest BCUT2D eigenvalue weighted by Gasteiger charge is 2.25. The zero-order valence-electron chi connectivity index (χ0n) is 9.39. The highest BCUT2D eigenvalue weighted by atomic mass is 79.9. The molecule has 0 unspecified atom stereocenters. The third-order valence-corrected chi connectivity index (χ3v) is 5.14. The number of sulfonamides is 1. The number of halogens is 1. The van der Waals surface area contributed by atoms with Crippen molar-refractivity contribution in [2.24, 2.45) is 5.92 Å². The second kappa shape index (κ2) is 4.99. The lowest BCUT2D eigenvalue weighted by Gasteiger charge is -2.08. The summed E-state index contributed by atoms with van der Waals surface area (Å²) in [7, 11) is -3.66. The van der Waals surface area contributed by atoms with Gasteiger partial charge < -0.3 is 5.11 Å². The van der Waals surface area contributed by atoms with Crippen LogP contribution in [0.5, 0.6) is 0 Å². The highest BCUT2D eigenvalue weighted by molar-refractivity contribution is 9.10. The molecule has 0 radical (unpaired) electrons. The van der Waals surface area contributed by atoms with Crippen LogP contribution in [0, 0.1) is 5.92 Å². The molecular weight excluding hydrogens is 322 g/mol. The fourth-order valence-corrected chi connectivity index (χ4v) is 3.57. The minimum Gasteiger partial charge on any atom is -0.478 e. The van der Waals surface area contributed by atoms with E-state index < -0.39 is 16.0 Å². The van der Waals surface area contributed by atoms with Crippen LogP contribution < -0.4 is 4.72 Å². The molecule has 1 saturated carbocycles.